The highest BCUT2D eigenvalue weighted by molar-refractivity contribution is 7.15. The number of Topliss-reactive ketones (excluding diaryl/α,β-unsaturated/α-hetero) is 1. The minimum absolute atomic E-state index is 0.158. The van der Waals surface area contributed by atoms with Gasteiger partial charge in [0.05, 0.1) is 7.11 Å². The third-order valence-electron chi connectivity index (χ3n) is 2.29. The molecule has 0 bridgehead atoms. The van der Waals surface area contributed by atoms with Crippen LogP contribution in [0.25, 0.3) is 10.6 Å². The Kier molecular flexibility index (Phi) is 3.54. The van der Waals surface area contributed by atoms with Crippen molar-refractivity contribution in [2.45, 2.75) is 13.3 Å². The van der Waals surface area contributed by atoms with Crippen molar-refractivity contribution in [2.75, 3.05) is 7.11 Å². The Balaban J connectivity index is 2.26. The summed E-state index contributed by atoms with van der Waals surface area (Å²) < 4.78 is 5.17. The summed E-state index contributed by atoms with van der Waals surface area (Å²) in [5, 5.41) is 0.917. The summed E-state index contributed by atoms with van der Waals surface area (Å²) in [4.78, 5) is 16.3. The molecule has 1 heterocycles. The Morgan fingerprint density at radius 3 is 3.00 bits per heavy atom. The van der Waals surface area contributed by atoms with Crippen molar-refractivity contribution in [3.8, 4) is 16.3 Å². The van der Waals surface area contributed by atoms with E-state index in [0.717, 1.165) is 21.2 Å². The smallest absolute Gasteiger partial charge is 0.135 e. The van der Waals surface area contributed by atoms with Crippen molar-refractivity contribution in [1.82, 2.24) is 4.98 Å². The highest BCUT2D eigenvalue weighted by Gasteiger charge is 2.07. The van der Waals surface area contributed by atoms with Gasteiger partial charge in [-0.25, -0.2) is 4.98 Å². The average molecular weight is 247 g/mol. The summed E-state index contributed by atoms with van der Waals surface area (Å²) in [5.41, 5.74) is 1.02. The summed E-state index contributed by atoms with van der Waals surface area (Å²) in [6.07, 6.45) is 2.22. The zero-order chi connectivity index (χ0) is 12.3. The molecular formula is C13H13NO2S. The summed E-state index contributed by atoms with van der Waals surface area (Å²) in [5.74, 6) is 0.969. The van der Waals surface area contributed by atoms with Gasteiger partial charge in [-0.05, 0) is 19.1 Å². The predicted molar refractivity (Wildman–Crippen MR) is 68.5 cm³/mol. The number of thiazole rings is 1. The number of ketones is 1. The van der Waals surface area contributed by atoms with E-state index in [9.17, 15) is 4.79 Å². The number of carbonyl (C=O) groups excluding carboxylic acids is 1. The second kappa shape index (κ2) is 5.10. The molecule has 0 spiro atoms. The number of benzene rings is 1. The van der Waals surface area contributed by atoms with Gasteiger partial charge in [0.1, 0.15) is 16.5 Å². The van der Waals surface area contributed by atoms with Crippen LogP contribution in [0.5, 0.6) is 5.75 Å². The zero-order valence-electron chi connectivity index (χ0n) is 9.77. The van der Waals surface area contributed by atoms with E-state index in [2.05, 4.69) is 4.98 Å². The molecule has 0 atom stereocenters. The zero-order valence-corrected chi connectivity index (χ0v) is 10.6. The van der Waals surface area contributed by atoms with Gasteiger partial charge in [0, 0.05) is 23.1 Å². The third-order valence-corrected chi connectivity index (χ3v) is 3.34. The van der Waals surface area contributed by atoms with Crippen LogP contribution >= 0.6 is 11.3 Å². The Hall–Kier alpha value is -1.68. The highest BCUT2D eigenvalue weighted by Crippen LogP contribution is 2.28. The average Bonchev–Trinajstić information content (AvgIpc) is 2.77. The molecule has 1 aromatic heterocycles. The Bertz CT molecular complexity index is 534. The van der Waals surface area contributed by atoms with E-state index in [0.29, 0.717) is 6.42 Å². The number of hydrogen-bond acceptors (Lipinski definition) is 4. The van der Waals surface area contributed by atoms with E-state index in [1.165, 1.54) is 0 Å². The van der Waals surface area contributed by atoms with Gasteiger partial charge in [-0.1, -0.05) is 12.1 Å². The van der Waals surface area contributed by atoms with Gasteiger partial charge in [-0.2, -0.15) is 0 Å². The van der Waals surface area contributed by atoms with Crippen molar-refractivity contribution < 1.29 is 9.53 Å². The molecule has 0 aliphatic heterocycles. The van der Waals surface area contributed by atoms with Gasteiger partial charge in [-0.3, -0.25) is 4.79 Å². The fraction of sp³-hybridized carbons (Fsp3) is 0.231. The molecule has 0 saturated carbocycles. The van der Waals surface area contributed by atoms with E-state index in [4.69, 9.17) is 4.74 Å². The molecule has 0 aliphatic carbocycles. The number of carbonyl (C=O) groups is 1. The van der Waals surface area contributed by atoms with Gasteiger partial charge in [0.25, 0.3) is 0 Å². The first-order valence-corrected chi connectivity index (χ1v) is 6.09. The molecule has 2 rings (SSSR count). The first kappa shape index (κ1) is 11.8. The molecule has 2 aromatic rings. The van der Waals surface area contributed by atoms with Crippen LogP contribution in [-0.4, -0.2) is 17.9 Å². The normalized spacial score (nSPS) is 10.2. The molecule has 0 fully saturated rings. The van der Waals surface area contributed by atoms with Gasteiger partial charge >= 0.3 is 0 Å². The molecule has 1 aromatic carbocycles. The Labute approximate surface area is 104 Å². The first-order chi connectivity index (χ1) is 8.19. The monoisotopic (exact) mass is 247 g/mol. The second-order valence-electron chi connectivity index (χ2n) is 3.74. The third kappa shape index (κ3) is 2.91. The topological polar surface area (TPSA) is 39.2 Å². The number of hydrogen-bond donors (Lipinski definition) is 0. The summed E-state index contributed by atoms with van der Waals surface area (Å²) in [7, 11) is 1.64. The maximum Gasteiger partial charge on any atom is 0.135 e. The molecule has 0 radical (unpaired) electrons. The van der Waals surface area contributed by atoms with E-state index < -0.39 is 0 Å². The number of aromatic nitrogens is 1. The summed E-state index contributed by atoms with van der Waals surface area (Å²) in [6.45, 7) is 1.59. The second-order valence-corrected chi connectivity index (χ2v) is 4.86. The van der Waals surface area contributed by atoms with Gasteiger partial charge in [0.15, 0.2) is 0 Å². The van der Waals surface area contributed by atoms with E-state index in [1.54, 1.807) is 31.6 Å². The number of rotatable bonds is 4. The molecule has 0 N–H and O–H groups in total. The van der Waals surface area contributed by atoms with Crippen LogP contribution in [0, 0.1) is 0 Å². The van der Waals surface area contributed by atoms with Crippen LogP contribution < -0.4 is 4.74 Å². The van der Waals surface area contributed by atoms with Crippen molar-refractivity contribution in [2.24, 2.45) is 0 Å². The molecule has 17 heavy (non-hydrogen) atoms. The van der Waals surface area contributed by atoms with E-state index >= 15 is 0 Å². The maximum atomic E-state index is 11.0. The lowest BCUT2D eigenvalue weighted by atomic mass is 10.2. The van der Waals surface area contributed by atoms with Gasteiger partial charge < -0.3 is 4.74 Å². The number of methoxy groups -OCH3 is 1. The standard InChI is InChI=1S/C13H13NO2S/c1-9(15)6-12-8-14-13(17-12)10-4-3-5-11(7-10)16-2/h3-5,7-8H,6H2,1-2H3. The lowest BCUT2D eigenvalue weighted by Crippen LogP contribution is -1.92. The molecule has 88 valence electrons. The fourth-order valence-corrected chi connectivity index (χ4v) is 2.50. The molecule has 0 aliphatic rings. The molecule has 0 amide bonds. The maximum absolute atomic E-state index is 11.0. The van der Waals surface area contributed by atoms with Crippen molar-refractivity contribution >= 4 is 17.1 Å². The van der Waals surface area contributed by atoms with E-state index in [1.807, 2.05) is 24.3 Å². The SMILES string of the molecule is COc1cccc(-c2ncc(CC(C)=O)s2)c1. The van der Waals surface area contributed by atoms with Crippen molar-refractivity contribution in [3.05, 3.63) is 35.3 Å². The lowest BCUT2D eigenvalue weighted by molar-refractivity contribution is -0.116. The van der Waals surface area contributed by atoms with Crippen molar-refractivity contribution in [3.63, 3.8) is 0 Å². The first-order valence-electron chi connectivity index (χ1n) is 5.27. The van der Waals surface area contributed by atoms with Gasteiger partial charge in [0.2, 0.25) is 0 Å². The molecule has 0 unspecified atom stereocenters. The highest BCUT2D eigenvalue weighted by atomic mass is 32.1. The molecule has 4 heteroatoms. The van der Waals surface area contributed by atoms with Crippen molar-refractivity contribution in [1.29, 1.82) is 0 Å². The lowest BCUT2D eigenvalue weighted by Gasteiger charge is -2.00. The van der Waals surface area contributed by atoms with Crippen LogP contribution in [0.3, 0.4) is 0 Å². The van der Waals surface area contributed by atoms with E-state index in [-0.39, 0.29) is 5.78 Å². The number of ether oxygens (including phenoxy) is 1. The van der Waals surface area contributed by atoms with Crippen LogP contribution in [0.15, 0.2) is 30.5 Å². The quantitative estimate of drug-likeness (QED) is 0.833. The summed E-state index contributed by atoms with van der Waals surface area (Å²) >= 11 is 1.55. The van der Waals surface area contributed by atoms with Crippen LogP contribution in [0.1, 0.15) is 11.8 Å². The number of nitrogens with zero attached hydrogens (tertiary/aromatic N) is 1. The molecule has 0 saturated heterocycles. The van der Waals surface area contributed by atoms with Crippen LogP contribution in [-0.2, 0) is 11.2 Å². The summed E-state index contributed by atoms with van der Waals surface area (Å²) in [6, 6.07) is 7.75. The van der Waals surface area contributed by atoms with Gasteiger partial charge in [-0.15, -0.1) is 11.3 Å². The van der Waals surface area contributed by atoms with Crippen LogP contribution in [0.4, 0.5) is 0 Å². The molecule has 3 nitrogen and oxygen atoms in total. The predicted octanol–water partition coefficient (Wildman–Crippen LogP) is 2.95. The minimum atomic E-state index is 0.158. The largest absolute Gasteiger partial charge is 0.497 e. The Morgan fingerprint density at radius 2 is 2.29 bits per heavy atom. The van der Waals surface area contributed by atoms with Crippen LogP contribution in [0.2, 0.25) is 0 Å². The molecular weight excluding hydrogens is 234 g/mol. The fourth-order valence-electron chi connectivity index (χ4n) is 1.52. The Morgan fingerprint density at radius 1 is 1.47 bits per heavy atom. The minimum Gasteiger partial charge on any atom is -0.497 e.